The van der Waals surface area contributed by atoms with Gasteiger partial charge in [-0.15, -0.1) is 23.8 Å². The second-order valence-corrected chi connectivity index (χ2v) is 17.7. The van der Waals surface area contributed by atoms with Gasteiger partial charge in [-0.25, -0.2) is 0 Å². The molecule has 0 radical (unpaired) electrons. The molecule has 1 aliphatic heterocycles. The van der Waals surface area contributed by atoms with Gasteiger partial charge < -0.3 is 9.29 Å². The molecule has 0 aliphatic carbocycles. The molecule has 0 spiro atoms. The number of fused-ring (bicyclic) bond motifs is 3. The summed E-state index contributed by atoms with van der Waals surface area (Å²) in [5.41, 5.74) is 12.2. The second kappa shape index (κ2) is 15.5. The molecule has 7 aromatic rings. The molecule has 0 bridgehead atoms. The molecule has 6 nitrogen and oxygen atoms in total. The Morgan fingerprint density at radius 1 is 0.724 bits per heavy atom. The van der Waals surface area contributed by atoms with Crippen molar-refractivity contribution in [1.29, 1.82) is 0 Å². The van der Waals surface area contributed by atoms with Crippen LogP contribution in [0.4, 0.5) is 5.69 Å². The average molecular weight is 939 g/mol. The van der Waals surface area contributed by atoms with Gasteiger partial charge in [0.15, 0.2) is 0 Å². The fourth-order valence-corrected chi connectivity index (χ4v) is 8.34. The van der Waals surface area contributed by atoms with Crippen LogP contribution in [0.25, 0.3) is 11.4 Å². The second-order valence-electron chi connectivity index (χ2n) is 17.7. The van der Waals surface area contributed by atoms with E-state index in [-0.39, 0.29) is 43.8 Å². The third-order valence-electron chi connectivity index (χ3n) is 11.8. The monoisotopic (exact) mass is 939 g/mol. The maximum absolute atomic E-state index is 5.64. The molecule has 8 rings (SSSR count). The summed E-state index contributed by atoms with van der Waals surface area (Å²) in [5.74, 6) is 0.618. The molecule has 2 atom stereocenters. The molecule has 0 amide bonds. The van der Waals surface area contributed by atoms with Gasteiger partial charge in [-0.3, -0.25) is 9.97 Å². The van der Waals surface area contributed by atoms with Crippen LogP contribution in [0.15, 0.2) is 122 Å². The van der Waals surface area contributed by atoms with Crippen LogP contribution in [-0.4, -0.2) is 33.6 Å². The Labute approximate surface area is 358 Å². The predicted octanol–water partition coefficient (Wildman–Crippen LogP) is 8.92. The Balaban J connectivity index is 0.00000512. The van der Waals surface area contributed by atoms with Gasteiger partial charge in [0.05, 0.1) is 17.6 Å². The molecule has 0 fully saturated rings. The number of pyridine rings is 1. The molecular weight excluding hydrogens is 888 g/mol. The van der Waals surface area contributed by atoms with Crippen molar-refractivity contribution in [3.63, 3.8) is 0 Å². The minimum Gasteiger partial charge on any atom is -0.436 e. The minimum absolute atomic E-state index is 0. The third kappa shape index (κ3) is 7.26. The zero-order valence-electron chi connectivity index (χ0n) is 35.2. The standard InChI is InChI=1S/C50H51BN6.Ir/c1-34-18-17-19-35(2)46(34)51-55(10)44-25-24-39(50(9,37-22-15-12-16-23-37)57-32-40(27-29-53-57)49(6,7)8)30-41(44)47-54-43(33-56(47)51)45(36-20-13-11-14-21-36)42-31-38(26-28-52-42)48(3,4)5;/h11-20,22,24-29,31-33,45H,1-10H3;/q-2;+3/t45-,50?;/m0./s1. The van der Waals surface area contributed by atoms with Gasteiger partial charge in [-0.2, -0.15) is 60.7 Å². The van der Waals surface area contributed by atoms with Crippen LogP contribution >= 0.6 is 0 Å². The van der Waals surface area contributed by atoms with E-state index in [1.807, 2.05) is 36.7 Å². The van der Waals surface area contributed by atoms with Crippen LogP contribution < -0.4 is 15.0 Å². The topological polar surface area (TPSA) is 50.7 Å². The summed E-state index contributed by atoms with van der Waals surface area (Å²) < 4.78 is 4.44. The van der Waals surface area contributed by atoms with E-state index in [0.29, 0.717) is 0 Å². The summed E-state index contributed by atoms with van der Waals surface area (Å²) in [6.07, 6.45) is 8.27. The van der Waals surface area contributed by atoms with Gasteiger partial charge in [0, 0.05) is 36.6 Å². The van der Waals surface area contributed by atoms with Crippen LogP contribution in [0.3, 0.4) is 0 Å². The van der Waals surface area contributed by atoms with E-state index in [0.717, 1.165) is 45.2 Å². The van der Waals surface area contributed by atoms with Crippen molar-refractivity contribution in [3.05, 3.63) is 190 Å². The Kier molecular flexibility index (Phi) is 11.0. The number of aryl methyl sites for hydroxylation is 2. The van der Waals surface area contributed by atoms with Crippen molar-refractivity contribution in [3.8, 4) is 11.4 Å². The number of imidazole rings is 1. The predicted molar refractivity (Wildman–Crippen MR) is 231 cm³/mol. The summed E-state index contributed by atoms with van der Waals surface area (Å²) in [6.45, 7) is 19.9. The van der Waals surface area contributed by atoms with Crippen molar-refractivity contribution >= 4 is 18.1 Å². The van der Waals surface area contributed by atoms with Crippen molar-refractivity contribution in [2.24, 2.45) is 0 Å². The molecular formula is C50H51BIrN6+. The van der Waals surface area contributed by atoms with E-state index in [9.17, 15) is 0 Å². The van der Waals surface area contributed by atoms with Gasteiger partial charge in [0.2, 0.25) is 11.7 Å². The van der Waals surface area contributed by atoms with Crippen LogP contribution in [0.1, 0.15) is 105 Å². The fourth-order valence-electron chi connectivity index (χ4n) is 8.34. The molecule has 0 saturated carbocycles. The van der Waals surface area contributed by atoms with E-state index in [1.165, 1.54) is 27.7 Å². The quantitative estimate of drug-likeness (QED) is 0.0911. The van der Waals surface area contributed by atoms with E-state index in [4.69, 9.17) is 15.1 Å². The molecule has 0 N–H and O–H groups in total. The van der Waals surface area contributed by atoms with Crippen molar-refractivity contribution in [2.45, 2.75) is 84.6 Å². The number of benzene rings is 4. The largest absolute Gasteiger partial charge is 3.00 e. The first kappa shape index (κ1) is 41.0. The number of aromatic nitrogens is 5. The van der Waals surface area contributed by atoms with E-state index >= 15 is 0 Å². The maximum atomic E-state index is 5.64. The molecule has 1 aliphatic rings. The van der Waals surface area contributed by atoms with Crippen molar-refractivity contribution < 1.29 is 24.8 Å². The Bertz CT molecular complexity index is 2550. The third-order valence-corrected chi connectivity index (χ3v) is 11.8. The number of rotatable bonds is 7. The number of nitrogens with zero attached hydrogens (tertiary/aromatic N) is 6. The SMILES string of the molecule is Cc1cccc(C)c1B1N(C)c2ccc(C(C)(c3[c-]cccc3)[n+]3cc(C(C)(C)C)ccn3)[c-]c2-c2nc([C@@H](c3[c-]cccc3)c3cc(C(C)(C)C)ccn3)cn21.[Ir+3]. The molecule has 4 heterocycles. The van der Waals surface area contributed by atoms with E-state index in [1.54, 1.807) is 0 Å². The normalized spacial score (nSPS) is 14.2. The summed E-state index contributed by atoms with van der Waals surface area (Å²) in [7, 11) is 2.19. The molecule has 1 unspecified atom stereocenters. The summed E-state index contributed by atoms with van der Waals surface area (Å²) >= 11 is 0. The molecule has 0 saturated heterocycles. The molecule has 4 aromatic carbocycles. The summed E-state index contributed by atoms with van der Waals surface area (Å²) in [4.78, 5) is 13.0. The summed E-state index contributed by atoms with van der Waals surface area (Å²) in [6, 6.07) is 45.0. The van der Waals surface area contributed by atoms with Crippen LogP contribution in [0, 0.1) is 32.0 Å². The number of hydrogen-bond donors (Lipinski definition) is 0. The molecule has 58 heavy (non-hydrogen) atoms. The van der Waals surface area contributed by atoms with Gasteiger partial charge >= 0.3 is 27.1 Å². The smallest absolute Gasteiger partial charge is 0.436 e. The maximum Gasteiger partial charge on any atom is 3.00 e. The van der Waals surface area contributed by atoms with E-state index < -0.39 is 5.54 Å². The average Bonchev–Trinajstić information content (AvgIpc) is 3.63. The molecule has 8 heteroatoms. The zero-order chi connectivity index (χ0) is 40.3. The van der Waals surface area contributed by atoms with Gasteiger partial charge in [-0.1, -0.05) is 97.9 Å². The van der Waals surface area contributed by atoms with Crippen molar-refractivity contribution in [2.75, 3.05) is 11.9 Å². The van der Waals surface area contributed by atoms with Gasteiger partial charge in [0.25, 0.3) is 0 Å². The van der Waals surface area contributed by atoms with E-state index in [2.05, 4.69) is 187 Å². The Morgan fingerprint density at radius 2 is 1.41 bits per heavy atom. The van der Waals surface area contributed by atoms with Crippen molar-refractivity contribution in [1.82, 2.24) is 19.5 Å². The number of anilines is 1. The van der Waals surface area contributed by atoms with Crippen LogP contribution in [-0.2, 0) is 36.5 Å². The fraction of sp³-hybridized carbons (Fsp3) is 0.280. The molecule has 292 valence electrons. The van der Waals surface area contributed by atoms with Crippen LogP contribution in [0.2, 0.25) is 0 Å². The minimum atomic E-state index is -0.737. The van der Waals surface area contributed by atoms with Crippen LogP contribution in [0.5, 0.6) is 0 Å². The summed E-state index contributed by atoms with van der Waals surface area (Å²) in [5, 5.41) is 4.97. The zero-order valence-corrected chi connectivity index (χ0v) is 37.6. The Morgan fingerprint density at radius 3 is 2.07 bits per heavy atom. The first-order chi connectivity index (χ1) is 27.2. The Hall–Kier alpha value is -5.17. The first-order valence-electron chi connectivity index (χ1n) is 19.9. The first-order valence-corrected chi connectivity index (χ1v) is 19.9. The molecule has 3 aromatic heterocycles. The van der Waals surface area contributed by atoms with Gasteiger partial charge in [-0.05, 0) is 66.0 Å². The van der Waals surface area contributed by atoms with Gasteiger partial charge in [0.1, 0.15) is 0 Å². The number of hydrogen-bond acceptors (Lipinski definition) is 4.